The molecule has 1 atom stereocenters. The summed E-state index contributed by atoms with van der Waals surface area (Å²) in [7, 11) is 0. The average Bonchev–Trinajstić information content (AvgIpc) is 2.85. The van der Waals surface area contributed by atoms with E-state index < -0.39 is 0 Å². The van der Waals surface area contributed by atoms with E-state index in [1.54, 1.807) is 12.4 Å². The molecule has 0 radical (unpaired) electrons. The Hall–Kier alpha value is -1.42. The van der Waals surface area contributed by atoms with Gasteiger partial charge in [-0.1, -0.05) is 19.4 Å². The molecule has 1 N–H and O–H groups in total. The Balaban J connectivity index is 1.68. The van der Waals surface area contributed by atoms with E-state index in [9.17, 15) is 4.79 Å². The second-order valence-electron chi connectivity index (χ2n) is 5.32. The largest absolute Gasteiger partial charge is 0.351 e. The molecule has 2 heterocycles. The first-order valence-corrected chi connectivity index (χ1v) is 7.16. The summed E-state index contributed by atoms with van der Waals surface area (Å²) in [4.78, 5) is 18.2. The smallest absolute Gasteiger partial charge is 0.234 e. The van der Waals surface area contributed by atoms with Crippen molar-refractivity contribution < 1.29 is 4.79 Å². The number of nitrogens with one attached hydrogen (secondary N) is 1. The van der Waals surface area contributed by atoms with Gasteiger partial charge in [-0.15, -0.1) is 0 Å². The Morgan fingerprint density at radius 2 is 2.47 bits per heavy atom. The summed E-state index contributed by atoms with van der Waals surface area (Å²) in [5.41, 5.74) is 1.04. The molecule has 1 aliphatic rings. The van der Waals surface area contributed by atoms with Gasteiger partial charge < -0.3 is 5.32 Å². The second kappa shape index (κ2) is 7.24. The number of amides is 1. The van der Waals surface area contributed by atoms with E-state index in [0.717, 1.165) is 24.6 Å². The Labute approximate surface area is 115 Å². The number of aromatic nitrogens is 1. The summed E-state index contributed by atoms with van der Waals surface area (Å²) < 4.78 is 0. The van der Waals surface area contributed by atoms with E-state index in [4.69, 9.17) is 0 Å². The molecule has 0 aromatic carbocycles. The topological polar surface area (TPSA) is 45.2 Å². The third-order valence-electron chi connectivity index (χ3n) is 3.65. The number of hydrogen-bond donors (Lipinski definition) is 1. The van der Waals surface area contributed by atoms with Crippen LogP contribution in [-0.4, -0.2) is 35.4 Å². The van der Waals surface area contributed by atoms with Gasteiger partial charge in [-0.2, -0.15) is 0 Å². The lowest BCUT2D eigenvalue weighted by molar-refractivity contribution is -0.122. The van der Waals surface area contributed by atoms with Crippen LogP contribution in [0.15, 0.2) is 24.5 Å². The first kappa shape index (κ1) is 14.0. The van der Waals surface area contributed by atoms with Gasteiger partial charge in [0.2, 0.25) is 5.91 Å². The standard InChI is InChI=1S/C15H23N3O/c1-2-4-13-6-8-18(11-13)12-15(19)17-10-14-5-3-7-16-9-14/h3,5,7,9,13H,2,4,6,8,10-12H2,1H3,(H,17,19)/t13-/m1/s1. The predicted molar refractivity (Wildman–Crippen MR) is 75.5 cm³/mol. The SMILES string of the molecule is CCC[C@@H]1CCN(CC(=O)NCc2cccnc2)C1. The molecule has 4 nitrogen and oxygen atoms in total. The molecule has 19 heavy (non-hydrogen) atoms. The molecule has 1 fully saturated rings. The van der Waals surface area contributed by atoms with Crippen molar-refractivity contribution in [3.8, 4) is 0 Å². The minimum Gasteiger partial charge on any atom is -0.351 e. The van der Waals surface area contributed by atoms with Crippen LogP contribution in [0.5, 0.6) is 0 Å². The highest BCUT2D eigenvalue weighted by Gasteiger charge is 2.22. The zero-order valence-corrected chi connectivity index (χ0v) is 11.6. The van der Waals surface area contributed by atoms with Gasteiger partial charge in [-0.3, -0.25) is 14.7 Å². The zero-order valence-electron chi connectivity index (χ0n) is 11.6. The Morgan fingerprint density at radius 1 is 1.58 bits per heavy atom. The lowest BCUT2D eigenvalue weighted by Gasteiger charge is -2.15. The maximum Gasteiger partial charge on any atom is 0.234 e. The fourth-order valence-electron chi connectivity index (χ4n) is 2.66. The van der Waals surface area contributed by atoms with Crippen LogP contribution in [0.25, 0.3) is 0 Å². The van der Waals surface area contributed by atoms with Gasteiger partial charge in [0.25, 0.3) is 0 Å². The van der Waals surface area contributed by atoms with Crippen molar-refractivity contribution in [3.63, 3.8) is 0 Å². The molecular weight excluding hydrogens is 238 g/mol. The Morgan fingerprint density at radius 3 is 3.21 bits per heavy atom. The monoisotopic (exact) mass is 261 g/mol. The summed E-state index contributed by atoms with van der Waals surface area (Å²) in [5, 5.41) is 2.95. The van der Waals surface area contributed by atoms with Crippen LogP contribution < -0.4 is 5.32 Å². The maximum atomic E-state index is 11.9. The summed E-state index contributed by atoms with van der Waals surface area (Å²) in [6, 6.07) is 3.86. The predicted octanol–water partition coefficient (Wildman–Crippen LogP) is 1.82. The molecule has 1 amide bonds. The van der Waals surface area contributed by atoms with Crippen LogP contribution in [-0.2, 0) is 11.3 Å². The van der Waals surface area contributed by atoms with Crippen molar-refractivity contribution in [1.29, 1.82) is 0 Å². The molecule has 0 aliphatic carbocycles. The van der Waals surface area contributed by atoms with Crippen LogP contribution in [0.4, 0.5) is 0 Å². The molecule has 0 bridgehead atoms. The van der Waals surface area contributed by atoms with Gasteiger partial charge in [0, 0.05) is 25.5 Å². The van der Waals surface area contributed by atoms with Crippen LogP contribution >= 0.6 is 0 Å². The van der Waals surface area contributed by atoms with Crippen molar-refractivity contribution in [2.24, 2.45) is 5.92 Å². The lowest BCUT2D eigenvalue weighted by atomic mass is 10.0. The molecule has 1 aliphatic heterocycles. The number of nitrogens with zero attached hydrogens (tertiary/aromatic N) is 2. The summed E-state index contributed by atoms with van der Waals surface area (Å²) >= 11 is 0. The van der Waals surface area contributed by atoms with Crippen molar-refractivity contribution >= 4 is 5.91 Å². The third-order valence-corrected chi connectivity index (χ3v) is 3.65. The number of carbonyl (C=O) groups excluding carboxylic acids is 1. The number of likely N-dealkylation sites (tertiary alicyclic amines) is 1. The summed E-state index contributed by atoms with van der Waals surface area (Å²) in [6.45, 7) is 5.46. The van der Waals surface area contributed by atoms with Gasteiger partial charge in [-0.25, -0.2) is 0 Å². The lowest BCUT2D eigenvalue weighted by Crippen LogP contribution is -2.35. The van der Waals surface area contributed by atoms with Gasteiger partial charge >= 0.3 is 0 Å². The van der Waals surface area contributed by atoms with Gasteiger partial charge in [0.15, 0.2) is 0 Å². The minimum atomic E-state index is 0.112. The highest BCUT2D eigenvalue weighted by Crippen LogP contribution is 2.20. The third kappa shape index (κ3) is 4.63. The highest BCUT2D eigenvalue weighted by atomic mass is 16.2. The quantitative estimate of drug-likeness (QED) is 0.849. The number of hydrogen-bond acceptors (Lipinski definition) is 3. The molecule has 104 valence electrons. The average molecular weight is 261 g/mol. The van der Waals surface area contributed by atoms with E-state index >= 15 is 0 Å². The van der Waals surface area contributed by atoms with Crippen LogP contribution in [0.1, 0.15) is 31.7 Å². The molecule has 1 aromatic heterocycles. The normalized spacial score (nSPS) is 19.5. The van der Waals surface area contributed by atoms with Crippen LogP contribution in [0.2, 0.25) is 0 Å². The van der Waals surface area contributed by atoms with Crippen LogP contribution in [0, 0.1) is 5.92 Å². The fourth-order valence-corrected chi connectivity index (χ4v) is 2.66. The Kier molecular flexibility index (Phi) is 5.33. The van der Waals surface area contributed by atoms with Crippen molar-refractivity contribution in [3.05, 3.63) is 30.1 Å². The van der Waals surface area contributed by atoms with Crippen molar-refractivity contribution in [2.45, 2.75) is 32.7 Å². The summed E-state index contributed by atoms with van der Waals surface area (Å²) in [6.07, 6.45) is 7.29. The van der Waals surface area contributed by atoms with Crippen LogP contribution in [0.3, 0.4) is 0 Å². The molecular formula is C15H23N3O. The second-order valence-corrected chi connectivity index (χ2v) is 5.32. The number of rotatable bonds is 6. The van der Waals surface area contributed by atoms with Crippen molar-refractivity contribution in [2.75, 3.05) is 19.6 Å². The van der Waals surface area contributed by atoms with Crippen molar-refractivity contribution in [1.82, 2.24) is 15.2 Å². The molecule has 2 rings (SSSR count). The minimum absolute atomic E-state index is 0.112. The van der Waals surface area contributed by atoms with E-state index in [-0.39, 0.29) is 5.91 Å². The van der Waals surface area contributed by atoms with Gasteiger partial charge in [0.1, 0.15) is 0 Å². The highest BCUT2D eigenvalue weighted by molar-refractivity contribution is 5.78. The molecule has 4 heteroatoms. The zero-order chi connectivity index (χ0) is 13.5. The molecule has 1 saturated heterocycles. The van der Waals surface area contributed by atoms with E-state index in [1.165, 1.54) is 19.3 Å². The fraction of sp³-hybridized carbons (Fsp3) is 0.600. The number of pyridine rings is 1. The maximum absolute atomic E-state index is 11.9. The number of carbonyl (C=O) groups is 1. The molecule has 0 saturated carbocycles. The summed E-state index contributed by atoms with van der Waals surface area (Å²) in [5.74, 6) is 0.900. The Bertz CT molecular complexity index is 394. The first-order chi connectivity index (χ1) is 9.28. The molecule has 1 aromatic rings. The van der Waals surface area contributed by atoms with E-state index in [2.05, 4.69) is 22.1 Å². The van der Waals surface area contributed by atoms with Gasteiger partial charge in [-0.05, 0) is 36.9 Å². The molecule has 0 spiro atoms. The van der Waals surface area contributed by atoms with Gasteiger partial charge in [0.05, 0.1) is 6.54 Å². The molecule has 0 unspecified atom stereocenters. The first-order valence-electron chi connectivity index (χ1n) is 7.16. The van der Waals surface area contributed by atoms with E-state index in [0.29, 0.717) is 13.1 Å². The van der Waals surface area contributed by atoms with E-state index in [1.807, 2.05) is 12.1 Å².